The third-order valence-corrected chi connectivity index (χ3v) is 6.37. The van der Waals surface area contributed by atoms with Crippen molar-refractivity contribution in [3.05, 3.63) is 51.7 Å². The molecule has 1 atom stereocenters. The summed E-state index contributed by atoms with van der Waals surface area (Å²) in [6.45, 7) is 3.79. The molecule has 27 heavy (non-hydrogen) atoms. The first-order chi connectivity index (χ1) is 12.8. The lowest BCUT2D eigenvalue weighted by Crippen LogP contribution is -2.54. The lowest BCUT2D eigenvalue weighted by Gasteiger charge is -2.34. The summed E-state index contributed by atoms with van der Waals surface area (Å²) in [5.41, 5.74) is 0.517. The number of benzene rings is 1. The van der Waals surface area contributed by atoms with Crippen LogP contribution in [-0.4, -0.2) is 42.8 Å². The number of thiophene rings is 1. The minimum Gasteiger partial charge on any atom is -0.306 e. The number of hydroxylamine groups is 2. The molecule has 0 aliphatic carbocycles. The number of halogens is 1. The van der Waals surface area contributed by atoms with E-state index >= 15 is 0 Å². The van der Waals surface area contributed by atoms with Crippen LogP contribution in [0.4, 0.5) is 10.5 Å². The second kappa shape index (κ2) is 8.15. The number of carbonyl (C=O) groups excluding carboxylic acids is 1. The maximum atomic E-state index is 12.6. The molecule has 0 spiro atoms. The molecule has 2 aromatic rings. The molecule has 2 amide bonds. The van der Waals surface area contributed by atoms with E-state index in [9.17, 15) is 10.0 Å². The maximum Gasteiger partial charge on any atom is 0.347 e. The molecule has 3 rings (SSSR count). The van der Waals surface area contributed by atoms with Gasteiger partial charge >= 0.3 is 6.03 Å². The number of thiocarbonyl (C=S) groups is 1. The molecule has 0 bridgehead atoms. The zero-order valence-electron chi connectivity index (χ0n) is 14.5. The lowest BCUT2D eigenvalue weighted by molar-refractivity contribution is -0.114. The van der Waals surface area contributed by atoms with Crippen molar-refractivity contribution in [1.82, 2.24) is 10.1 Å². The minimum atomic E-state index is -0.765. The van der Waals surface area contributed by atoms with Gasteiger partial charge in [-0.2, -0.15) is 10.2 Å². The number of urea groups is 1. The van der Waals surface area contributed by atoms with Gasteiger partial charge in [-0.1, -0.05) is 41.6 Å². The van der Waals surface area contributed by atoms with Crippen molar-refractivity contribution in [2.45, 2.75) is 24.8 Å². The fourth-order valence-corrected chi connectivity index (χ4v) is 5.03. The standard InChI is InChI=1S/C17H17ClN4O2S3/c1-17(2)14(21(16(25)27-17)19-10-13-4-3-9-26-13)22(24)15(23)20-12-7-5-11(18)6-8-12/h3-10,14,24H,1-2H3,(H,20,23)/b19-10-/t14-/m1/s1. The van der Waals surface area contributed by atoms with E-state index in [0.717, 1.165) is 4.88 Å². The summed E-state index contributed by atoms with van der Waals surface area (Å²) in [5.74, 6) is 0. The third-order valence-electron chi connectivity index (χ3n) is 3.78. The average molecular weight is 441 g/mol. The molecule has 1 saturated heterocycles. The highest BCUT2D eigenvalue weighted by molar-refractivity contribution is 8.24. The quantitative estimate of drug-likeness (QED) is 0.299. The molecule has 1 fully saturated rings. The first-order valence-corrected chi connectivity index (χ1v) is 10.4. The molecular weight excluding hydrogens is 424 g/mol. The van der Waals surface area contributed by atoms with Crippen LogP contribution in [0.15, 0.2) is 46.9 Å². The first-order valence-electron chi connectivity index (χ1n) is 7.92. The molecule has 1 aromatic carbocycles. The zero-order valence-corrected chi connectivity index (χ0v) is 17.7. The van der Waals surface area contributed by atoms with Crippen molar-refractivity contribution >= 4 is 69.2 Å². The van der Waals surface area contributed by atoms with Gasteiger partial charge in [0.05, 0.1) is 11.0 Å². The number of amides is 2. The van der Waals surface area contributed by atoms with Gasteiger partial charge in [0.2, 0.25) is 0 Å². The molecular formula is C17H17ClN4O2S3. The van der Waals surface area contributed by atoms with Crippen LogP contribution in [0.25, 0.3) is 0 Å². The van der Waals surface area contributed by atoms with E-state index in [0.29, 0.717) is 20.1 Å². The molecule has 1 aromatic heterocycles. The van der Waals surface area contributed by atoms with Crippen LogP contribution in [-0.2, 0) is 0 Å². The van der Waals surface area contributed by atoms with Crippen molar-refractivity contribution in [1.29, 1.82) is 0 Å². The van der Waals surface area contributed by atoms with Crippen molar-refractivity contribution < 1.29 is 10.0 Å². The number of rotatable bonds is 4. The van der Waals surface area contributed by atoms with E-state index in [4.69, 9.17) is 23.8 Å². The molecule has 6 nitrogen and oxygen atoms in total. The molecule has 0 radical (unpaired) electrons. The smallest absolute Gasteiger partial charge is 0.306 e. The van der Waals surface area contributed by atoms with Crippen molar-refractivity contribution in [3.63, 3.8) is 0 Å². The van der Waals surface area contributed by atoms with E-state index in [-0.39, 0.29) is 0 Å². The van der Waals surface area contributed by atoms with Crippen LogP contribution < -0.4 is 5.32 Å². The third kappa shape index (κ3) is 4.61. The van der Waals surface area contributed by atoms with Gasteiger partial charge in [-0.05, 0) is 49.6 Å². The Labute approximate surface area is 175 Å². The Bertz CT molecular complexity index is 856. The molecule has 10 heteroatoms. The Morgan fingerprint density at radius 3 is 2.74 bits per heavy atom. The average Bonchev–Trinajstić information content (AvgIpc) is 3.19. The van der Waals surface area contributed by atoms with Gasteiger partial charge in [-0.25, -0.2) is 9.80 Å². The second-order valence-corrected chi connectivity index (χ2v) is 9.94. The molecule has 0 saturated carbocycles. The van der Waals surface area contributed by atoms with E-state index < -0.39 is 16.9 Å². The van der Waals surface area contributed by atoms with Crippen molar-refractivity contribution in [2.75, 3.05) is 5.32 Å². The highest BCUT2D eigenvalue weighted by Gasteiger charge is 2.50. The molecule has 0 unspecified atom stereocenters. The number of thioether (sulfide) groups is 1. The van der Waals surface area contributed by atoms with Crippen LogP contribution in [0, 0.1) is 0 Å². The largest absolute Gasteiger partial charge is 0.347 e. The Kier molecular flexibility index (Phi) is 6.07. The predicted molar refractivity (Wildman–Crippen MR) is 116 cm³/mol. The van der Waals surface area contributed by atoms with Crippen molar-refractivity contribution in [2.24, 2.45) is 5.10 Å². The summed E-state index contributed by atoms with van der Waals surface area (Å²) in [6, 6.07) is 9.77. The number of carbonyl (C=O) groups is 1. The summed E-state index contributed by atoms with van der Waals surface area (Å²) in [4.78, 5) is 13.5. The highest BCUT2D eigenvalue weighted by atomic mass is 35.5. The topological polar surface area (TPSA) is 68.2 Å². The summed E-state index contributed by atoms with van der Waals surface area (Å²) < 4.78 is -0.0770. The van der Waals surface area contributed by atoms with E-state index in [1.165, 1.54) is 28.1 Å². The van der Waals surface area contributed by atoms with Gasteiger partial charge in [0, 0.05) is 15.6 Å². The number of anilines is 1. The normalized spacial score (nSPS) is 18.9. The highest BCUT2D eigenvalue weighted by Crippen LogP contribution is 2.42. The summed E-state index contributed by atoms with van der Waals surface area (Å²) in [6.07, 6.45) is 0.898. The minimum absolute atomic E-state index is 0.483. The van der Waals surface area contributed by atoms with Crippen LogP contribution in [0.2, 0.25) is 5.02 Å². The van der Waals surface area contributed by atoms with Crippen LogP contribution in [0.3, 0.4) is 0 Å². The maximum absolute atomic E-state index is 12.6. The van der Waals surface area contributed by atoms with E-state index in [2.05, 4.69) is 10.4 Å². The lowest BCUT2D eigenvalue weighted by atomic mass is 10.1. The molecule has 1 aliphatic rings. The number of nitrogens with zero attached hydrogens (tertiary/aromatic N) is 3. The second-order valence-electron chi connectivity index (χ2n) is 6.23. The molecule has 1 aliphatic heterocycles. The Balaban J connectivity index is 1.80. The molecule has 2 N–H and O–H groups in total. The fraction of sp³-hybridized carbons (Fsp3) is 0.235. The number of hydrogen-bond donors (Lipinski definition) is 2. The van der Waals surface area contributed by atoms with Crippen LogP contribution >= 0.6 is 46.9 Å². The van der Waals surface area contributed by atoms with Crippen LogP contribution in [0.5, 0.6) is 0 Å². The summed E-state index contributed by atoms with van der Waals surface area (Å²) in [7, 11) is 0. The molecule has 142 valence electrons. The first kappa shape index (κ1) is 20.1. The number of hydrogen-bond acceptors (Lipinski definition) is 6. The fourth-order valence-electron chi connectivity index (χ4n) is 2.54. The number of nitrogens with one attached hydrogen (secondary N) is 1. The molecule has 2 heterocycles. The Morgan fingerprint density at radius 2 is 2.11 bits per heavy atom. The Morgan fingerprint density at radius 1 is 1.41 bits per heavy atom. The van der Waals surface area contributed by atoms with Gasteiger partial charge < -0.3 is 5.32 Å². The van der Waals surface area contributed by atoms with E-state index in [1.54, 1.807) is 30.5 Å². The summed E-state index contributed by atoms with van der Waals surface area (Å²) >= 11 is 14.2. The Hall–Kier alpha value is -1.65. The van der Waals surface area contributed by atoms with Gasteiger partial charge in [0.15, 0.2) is 10.5 Å². The zero-order chi connectivity index (χ0) is 19.6. The van der Waals surface area contributed by atoms with Gasteiger partial charge in [-0.3, -0.25) is 5.21 Å². The predicted octanol–water partition coefficient (Wildman–Crippen LogP) is 5.10. The SMILES string of the molecule is CC1(C)SC(=S)N(/N=C\c2cccs2)[C@@H]1N(O)C(=O)Nc1ccc(Cl)cc1. The van der Waals surface area contributed by atoms with Crippen LogP contribution in [0.1, 0.15) is 18.7 Å². The van der Waals surface area contributed by atoms with Gasteiger partial charge in [-0.15, -0.1) is 11.3 Å². The van der Waals surface area contributed by atoms with Gasteiger partial charge in [0.25, 0.3) is 0 Å². The van der Waals surface area contributed by atoms with Crippen molar-refractivity contribution in [3.8, 4) is 0 Å². The summed E-state index contributed by atoms with van der Waals surface area (Å²) in [5, 5.41) is 22.3. The van der Waals surface area contributed by atoms with E-state index in [1.807, 2.05) is 31.4 Å². The number of hydrazone groups is 1. The monoisotopic (exact) mass is 440 g/mol. The van der Waals surface area contributed by atoms with Gasteiger partial charge in [0.1, 0.15) is 0 Å².